The van der Waals surface area contributed by atoms with Crippen LogP contribution in [0.5, 0.6) is 5.75 Å². The minimum absolute atomic E-state index is 0.000856. The van der Waals surface area contributed by atoms with Gasteiger partial charge in [-0.05, 0) is 36.4 Å². The zero-order valence-electron chi connectivity index (χ0n) is 12.0. The van der Waals surface area contributed by atoms with Crippen LogP contribution < -0.4 is 10.5 Å². The van der Waals surface area contributed by atoms with Crippen molar-refractivity contribution in [2.24, 2.45) is 0 Å². The van der Waals surface area contributed by atoms with Crippen molar-refractivity contribution < 1.29 is 27.8 Å². The van der Waals surface area contributed by atoms with Crippen LogP contribution in [0.15, 0.2) is 45.6 Å². The standard InChI is InChI=1S/C15H10F2N2O5/c16-14(17)23-9-3-1-8(2-4-9)10-5-6-11-13(18-10)19(7-12(20)21)15(22)24-11/h1-6,14H,7H2,(H,20,21). The van der Waals surface area contributed by atoms with Crippen molar-refractivity contribution in [2.45, 2.75) is 13.2 Å². The summed E-state index contributed by atoms with van der Waals surface area (Å²) in [5.74, 6) is -2.03. The third-order valence-electron chi connectivity index (χ3n) is 3.18. The molecule has 2 heterocycles. The summed E-state index contributed by atoms with van der Waals surface area (Å²) >= 11 is 0. The van der Waals surface area contributed by atoms with Gasteiger partial charge in [0.2, 0.25) is 0 Å². The van der Waals surface area contributed by atoms with Crippen molar-refractivity contribution in [2.75, 3.05) is 0 Å². The first-order chi connectivity index (χ1) is 11.4. The zero-order valence-corrected chi connectivity index (χ0v) is 12.0. The Balaban J connectivity index is 2.01. The molecule has 1 aromatic carbocycles. The Kier molecular flexibility index (Phi) is 3.98. The van der Waals surface area contributed by atoms with Crippen LogP contribution >= 0.6 is 0 Å². The molecule has 0 atom stereocenters. The highest BCUT2D eigenvalue weighted by molar-refractivity contribution is 5.76. The fourth-order valence-corrected chi connectivity index (χ4v) is 2.19. The molecule has 0 amide bonds. The van der Waals surface area contributed by atoms with Crippen LogP contribution in [0.3, 0.4) is 0 Å². The molecule has 0 bridgehead atoms. The number of carbonyl (C=O) groups is 1. The van der Waals surface area contributed by atoms with Gasteiger partial charge in [0.15, 0.2) is 11.2 Å². The molecule has 0 aliphatic rings. The average Bonchev–Trinajstić information content (AvgIpc) is 2.82. The molecular weight excluding hydrogens is 326 g/mol. The molecule has 124 valence electrons. The highest BCUT2D eigenvalue weighted by atomic mass is 19.3. The Morgan fingerprint density at radius 1 is 1.25 bits per heavy atom. The van der Waals surface area contributed by atoms with Crippen LogP contribution in [0.2, 0.25) is 0 Å². The van der Waals surface area contributed by atoms with Crippen LogP contribution in [-0.2, 0) is 11.3 Å². The van der Waals surface area contributed by atoms with E-state index in [0.717, 1.165) is 4.57 Å². The summed E-state index contributed by atoms with van der Waals surface area (Å²) in [6.45, 7) is -3.49. The number of carboxylic acid groups (broad SMARTS) is 1. The molecular formula is C15H10F2N2O5. The van der Waals surface area contributed by atoms with Crippen molar-refractivity contribution in [3.8, 4) is 17.0 Å². The second-order valence-corrected chi connectivity index (χ2v) is 4.77. The summed E-state index contributed by atoms with van der Waals surface area (Å²) < 4.78 is 34.4. The first-order valence-corrected chi connectivity index (χ1v) is 6.71. The summed E-state index contributed by atoms with van der Waals surface area (Å²) in [5, 5.41) is 8.85. The van der Waals surface area contributed by atoms with Gasteiger partial charge in [-0.3, -0.25) is 4.79 Å². The number of alkyl halides is 2. The second-order valence-electron chi connectivity index (χ2n) is 4.77. The van der Waals surface area contributed by atoms with Crippen LogP contribution in [0.1, 0.15) is 0 Å². The van der Waals surface area contributed by atoms with Crippen molar-refractivity contribution in [3.05, 3.63) is 46.9 Å². The maximum absolute atomic E-state index is 12.1. The van der Waals surface area contributed by atoms with E-state index < -0.39 is 24.9 Å². The molecule has 9 heteroatoms. The molecule has 1 N–H and O–H groups in total. The quantitative estimate of drug-likeness (QED) is 0.768. The van der Waals surface area contributed by atoms with E-state index in [1.807, 2.05) is 0 Å². The largest absolute Gasteiger partial charge is 0.480 e. The third kappa shape index (κ3) is 3.09. The molecule has 0 radical (unpaired) electrons. The number of hydrogen-bond acceptors (Lipinski definition) is 5. The SMILES string of the molecule is O=C(O)Cn1c(=O)oc2ccc(-c3ccc(OC(F)F)cc3)nc21. The van der Waals surface area contributed by atoms with E-state index in [2.05, 4.69) is 9.72 Å². The number of aliphatic carboxylic acids is 1. The minimum atomic E-state index is -2.92. The normalized spacial score (nSPS) is 11.1. The second kappa shape index (κ2) is 6.11. The number of aromatic nitrogens is 2. The molecule has 3 aromatic rings. The predicted molar refractivity (Wildman–Crippen MR) is 78.0 cm³/mol. The topological polar surface area (TPSA) is 94.6 Å². The Morgan fingerprint density at radius 2 is 1.96 bits per heavy atom. The highest BCUT2D eigenvalue weighted by Crippen LogP contribution is 2.23. The van der Waals surface area contributed by atoms with E-state index in [1.54, 1.807) is 6.07 Å². The minimum Gasteiger partial charge on any atom is -0.480 e. The van der Waals surface area contributed by atoms with E-state index in [0.29, 0.717) is 11.3 Å². The summed E-state index contributed by atoms with van der Waals surface area (Å²) in [6.07, 6.45) is 0. The number of pyridine rings is 1. The van der Waals surface area contributed by atoms with Gasteiger partial charge in [0.1, 0.15) is 12.3 Å². The molecule has 0 aliphatic carbocycles. The molecule has 0 aliphatic heterocycles. The van der Waals surface area contributed by atoms with E-state index in [1.165, 1.54) is 30.3 Å². The number of ether oxygens (including phenoxy) is 1. The maximum Gasteiger partial charge on any atom is 0.421 e. The van der Waals surface area contributed by atoms with Gasteiger partial charge >= 0.3 is 18.3 Å². The predicted octanol–water partition coefficient (Wildman–Crippen LogP) is 2.34. The molecule has 0 spiro atoms. The van der Waals surface area contributed by atoms with Gasteiger partial charge in [0, 0.05) is 5.56 Å². The summed E-state index contributed by atoms with van der Waals surface area (Å²) in [7, 11) is 0. The lowest BCUT2D eigenvalue weighted by molar-refractivity contribution is -0.137. The first-order valence-electron chi connectivity index (χ1n) is 6.71. The third-order valence-corrected chi connectivity index (χ3v) is 3.18. The monoisotopic (exact) mass is 336 g/mol. The summed E-state index contributed by atoms with van der Waals surface area (Å²) in [5.41, 5.74) is 1.25. The fourth-order valence-electron chi connectivity index (χ4n) is 2.19. The summed E-state index contributed by atoms with van der Waals surface area (Å²) in [6, 6.07) is 8.80. The number of fused-ring (bicyclic) bond motifs is 1. The van der Waals surface area contributed by atoms with Gasteiger partial charge in [-0.2, -0.15) is 8.78 Å². The van der Waals surface area contributed by atoms with E-state index in [4.69, 9.17) is 9.52 Å². The van der Waals surface area contributed by atoms with E-state index in [9.17, 15) is 18.4 Å². The van der Waals surface area contributed by atoms with Gasteiger partial charge in [-0.15, -0.1) is 0 Å². The molecule has 0 saturated heterocycles. The number of hydrogen-bond donors (Lipinski definition) is 1. The Labute approximate surface area is 132 Å². The number of benzene rings is 1. The van der Waals surface area contributed by atoms with E-state index >= 15 is 0 Å². The van der Waals surface area contributed by atoms with Crippen molar-refractivity contribution in [1.82, 2.24) is 9.55 Å². The summed E-state index contributed by atoms with van der Waals surface area (Å²) in [4.78, 5) is 26.7. The van der Waals surface area contributed by atoms with Gasteiger partial charge in [-0.1, -0.05) is 0 Å². The first kappa shape index (κ1) is 15.7. The van der Waals surface area contributed by atoms with Gasteiger partial charge in [0.25, 0.3) is 0 Å². The Morgan fingerprint density at radius 3 is 2.58 bits per heavy atom. The molecule has 3 rings (SSSR count). The van der Waals surface area contributed by atoms with Crippen molar-refractivity contribution >= 4 is 17.2 Å². The lowest BCUT2D eigenvalue weighted by Crippen LogP contribution is -2.19. The lowest BCUT2D eigenvalue weighted by Gasteiger charge is -2.06. The smallest absolute Gasteiger partial charge is 0.421 e. The zero-order chi connectivity index (χ0) is 17.3. The molecule has 24 heavy (non-hydrogen) atoms. The lowest BCUT2D eigenvalue weighted by atomic mass is 10.1. The Hall–Kier alpha value is -3.23. The number of rotatable bonds is 5. The molecule has 0 fully saturated rings. The highest BCUT2D eigenvalue weighted by Gasteiger charge is 2.14. The maximum atomic E-state index is 12.1. The molecule has 0 saturated carbocycles. The van der Waals surface area contributed by atoms with Crippen LogP contribution in [-0.4, -0.2) is 27.2 Å². The van der Waals surface area contributed by atoms with Crippen molar-refractivity contribution in [3.63, 3.8) is 0 Å². The van der Waals surface area contributed by atoms with Crippen molar-refractivity contribution in [1.29, 1.82) is 0 Å². The van der Waals surface area contributed by atoms with Crippen LogP contribution in [0.4, 0.5) is 8.78 Å². The average molecular weight is 336 g/mol. The van der Waals surface area contributed by atoms with Gasteiger partial charge < -0.3 is 14.3 Å². The number of carboxylic acids is 1. The Bertz CT molecular complexity index is 947. The van der Waals surface area contributed by atoms with Gasteiger partial charge in [-0.25, -0.2) is 14.3 Å². The number of oxazole rings is 1. The van der Waals surface area contributed by atoms with E-state index in [-0.39, 0.29) is 17.0 Å². The van der Waals surface area contributed by atoms with Crippen LogP contribution in [0.25, 0.3) is 22.5 Å². The fraction of sp³-hybridized carbons (Fsp3) is 0.133. The van der Waals surface area contributed by atoms with Gasteiger partial charge in [0.05, 0.1) is 5.69 Å². The number of halogens is 2. The number of nitrogens with zero attached hydrogens (tertiary/aromatic N) is 2. The molecule has 7 nitrogen and oxygen atoms in total. The molecule has 2 aromatic heterocycles. The van der Waals surface area contributed by atoms with Crippen LogP contribution in [0, 0.1) is 0 Å². The molecule has 0 unspecified atom stereocenters.